The molecule has 6 heteroatoms. The van der Waals surface area contributed by atoms with Gasteiger partial charge in [0.25, 0.3) is 5.56 Å². The first-order valence-corrected chi connectivity index (χ1v) is 9.22. The summed E-state index contributed by atoms with van der Waals surface area (Å²) >= 11 is 1.41. The van der Waals surface area contributed by atoms with Crippen LogP contribution in [0.25, 0.3) is 11.0 Å². The van der Waals surface area contributed by atoms with E-state index in [0.717, 1.165) is 40.6 Å². The first kappa shape index (κ1) is 17.5. The van der Waals surface area contributed by atoms with E-state index in [-0.39, 0.29) is 11.2 Å². The summed E-state index contributed by atoms with van der Waals surface area (Å²) in [6, 6.07) is 7.04. The molecule has 0 aliphatic carbocycles. The molecule has 2 aromatic heterocycles. The highest BCUT2D eigenvalue weighted by atomic mass is 32.2. The largest absolute Gasteiger partial charge is 0.422 e. The van der Waals surface area contributed by atoms with E-state index in [2.05, 4.69) is 16.9 Å². The number of aromatic amines is 1. The average molecular weight is 356 g/mol. The molecule has 0 atom stereocenters. The van der Waals surface area contributed by atoms with Crippen LogP contribution in [0.3, 0.4) is 0 Å². The number of aryl methyl sites for hydroxylation is 3. The molecule has 5 nitrogen and oxygen atoms in total. The molecule has 0 saturated heterocycles. The van der Waals surface area contributed by atoms with Crippen LogP contribution in [0, 0.1) is 13.8 Å². The summed E-state index contributed by atoms with van der Waals surface area (Å²) in [6.07, 6.45) is 1.71. The predicted molar refractivity (Wildman–Crippen MR) is 100 cm³/mol. The summed E-state index contributed by atoms with van der Waals surface area (Å²) in [4.78, 5) is 30.9. The summed E-state index contributed by atoms with van der Waals surface area (Å²) in [5.41, 5.74) is 3.84. The van der Waals surface area contributed by atoms with Crippen molar-refractivity contribution in [3.05, 3.63) is 67.4 Å². The lowest BCUT2D eigenvalue weighted by atomic mass is 10.0. The lowest BCUT2D eigenvalue weighted by molar-refractivity contribution is 0.557. The molecule has 2 heterocycles. The summed E-state index contributed by atoms with van der Waals surface area (Å²) in [7, 11) is 0. The van der Waals surface area contributed by atoms with E-state index in [1.54, 1.807) is 0 Å². The van der Waals surface area contributed by atoms with Gasteiger partial charge in [-0.3, -0.25) is 4.79 Å². The van der Waals surface area contributed by atoms with E-state index in [0.29, 0.717) is 16.5 Å². The lowest BCUT2D eigenvalue weighted by Gasteiger charge is -2.09. The van der Waals surface area contributed by atoms with Gasteiger partial charge in [-0.05, 0) is 37.0 Å². The highest BCUT2D eigenvalue weighted by Crippen LogP contribution is 2.27. The summed E-state index contributed by atoms with van der Waals surface area (Å²) in [5.74, 6) is 0.531. The molecular weight excluding hydrogens is 336 g/mol. The van der Waals surface area contributed by atoms with Crippen molar-refractivity contribution in [3.63, 3.8) is 0 Å². The molecule has 0 fully saturated rings. The van der Waals surface area contributed by atoms with Crippen molar-refractivity contribution in [1.82, 2.24) is 9.97 Å². The van der Waals surface area contributed by atoms with Gasteiger partial charge in [0.15, 0.2) is 5.16 Å². The monoisotopic (exact) mass is 356 g/mol. The quantitative estimate of drug-likeness (QED) is 0.428. The normalized spacial score (nSPS) is 11.2. The molecule has 0 saturated carbocycles. The molecule has 0 spiro atoms. The summed E-state index contributed by atoms with van der Waals surface area (Å²) in [5, 5.41) is 1.49. The van der Waals surface area contributed by atoms with Gasteiger partial charge in [-0.1, -0.05) is 37.2 Å². The van der Waals surface area contributed by atoms with Gasteiger partial charge in [-0.25, -0.2) is 9.78 Å². The minimum absolute atomic E-state index is 0.148. The zero-order chi connectivity index (χ0) is 18.0. The number of nitrogens with zero attached hydrogens (tertiary/aromatic N) is 1. The molecule has 3 rings (SSSR count). The third kappa shape index (κ3) is 3.85. The van der Waals surface area contributed by atoms with Crippen LogP contribution < -0.4 is 11.2 Å². The van der Waals surface area contributed by atoms with Gasteiger partial charge in [-0.2, -0.15) is 0 Å². The van der Waals surface area contributed by atoms with Gasteiger partial charge >= 0.3 is 5.63 Å². The van der Waals surface area contributed by atoms with Crippen LogP contribution in [-0.2, 0) is 12.2 Å². The van der Waals surface area contributed by atoms with Gasteiger partial charge in [0, 0.05) is 29.0 Å². The van der Waals surface area contributed by atoms with Crippen molar-refractivity contribution in [1.29, 1.82) is 0 Å². The Bertz CT molecular complexity index is 1040. The van der Waals surface area contributed by atoms with E-state index in [1.807, 2.05) is 26.0 Å². The molecule has 3 aromatic rings. The van der Waals surface area contributed by atoms with Crippen LogP contribution >= 0.6 is 11.8 Å². The topological polar surface area (TPSA) is 76.0 Å². The second-order valence-electron chi connectivity index (χ2n) is 6.06. The molecule has 1 aromatic carbocycles. The highest BCUT2D eigenvalue weighted by molar-refractivity contribution is 7.98. The zero-order valence-electron chi connectivity index (χ0n) is 14.5. The van der Waals surface area contributed by atoms with Crippen LogP contribution in [0.4, 0.5) is 0 Å². The van der Waals surface area contributed by atoms with Crippen LogP contribution in [-0.4, -0.2) is 9.97 Å². The van der Waals surface area contributed by atoms with Crippen molar-refractivity contribution < 1.29 is 4.42 Å². The third-order valence-corrected chi connectivity index (χ3v) is 5.08. The molecule has 0 aliphatic heterocycles. The van der Waals surface area contributed by atoms with Crippen molar-refractivity contribution in [2.45, 2.75) is 44.5 Å². The second kappa shape index (κ2) is 7.27. The molecule has 0 aliphatic rings. The first-order valence-electron chi connectivity index (χ1n) is 8.24. The maximum absolute atomic E-state index is 11.9. The van der Waals surface area contributed by atoms with E-state index in [4.69, 9.17) is 4.42 Å². The molecular formula is C19H20N2O3S. The predicted octanol–water partition coefficient (Wildman–Crippen LogP) is 3.74. The Morgan fingerprint density at radius 1 is 1.20 bits per heavy atom. The Hall–Kier alpha value is -2.34. The Balaban J connectivity index is 1.95. The molecule has 0 unspecified atom stereocenters. The average Bonchev–Trinajstić information content (AvgIpc) is 2.56. The smallest absolute Gasteiger partial charge is 0.336 e. The SMILES string of the molecule is CCCc1cc(=O)[nH]c(SCc2cc(=O)oc3c(C)c(C)ccc23)n1. The van der Waals surface area contributed by atoms with Crippen LogP contribution in [0.1, 0.15) is 35.7 Å². The Labute approximate surface area is 149 Å². The molecule has 1 N–H and O–H groups in total. The van der Waals surface area contributed by atoms with E-state index >= 15 is 0 Å². The number of fused-ring (bicyclic) bond motifs is 1. The van der Waals surface area contributed by atoms with Gasteiger partial charge < -0.3 is 9.40 Å². The number of benzene rings is 1. The molecule has 0 radical (unpaired) electrons. The second-order valence-corrected chi connectivity index (χ2v) is 7.02. The third-order valence-electron chi connectivity index (χ3n) is 4.16. The number of thioether (sulfide) groups is 1. The first-order chi connectivity index (χ1) is 12.0. The fourth-order valence-corrected chi connectivity index (χ4v) is 3.61. The Kier molecular flexibility index (Phi) is 5.08. The van der Waals surface area contributed by atoms with Crippen molar-refractivity contribution in [2.75, 3.05) is 0 Å². The van der Waals surface area contributed by atoms with E-state index in [9.17, 15) is 9.59 Å². The number of H-pyrrole nitrogens is 1. The maximum Gasteiger partial charge on any atom is 0.336 e. The van der Waals surface area contributed by atoms with Crippen molar-refractivity contribution in [2.24, 2.45) is 0 Å². The number of aromatic nitrogens is 2. The number of hydrogen-bond donors (Lipinski definition) is 1. The number of rotatable bonds is 5. The fourth-order valence-electron chi connectivity index (χ4n) is 2.73. The van der Waals surface area contributed by atoms with Crippen LogP contribution in [0.5, 0.6) is 0 Å². The van der Waals surface area contributed by atoms with Gasteiger partial charge in [0.1, 0.15) is 5.58 Å². The molecule has 25 heavy (non-hydrogen) atoms. The van der Waals surface area contributed by atoms with E-state index in [1.165, 1.54) is 23.9 Å². The summed E-state index contributed by atoms with van der Waals surface area (Å²) in [6.45, 7) is 5.99. The van der Waals surface area contributed by atoms with Crippen molar-refractivity contribution >= 4 is 22.7 Å². The molecule has 0 amide bonds. The number of hydrogen-bond acceptors (Lipinski definition) is 5. The zero-order valence-corrected chi connectivity index (χ0v) is 15.3. The highest BCUT2D eigenvalue weighted by Gasteiger charge is 2.11. The Morgan fingerprint density at radius 3 is 2.76 bits per heavy atom. The minimum atomic E-state index is -0.363. The standard InChI is InChI=1S/C19H20N2O3S/c1-4-5-14-9-16(22)21-19(20-14)25-10-13-8-17(23)24-18-12(3)11(2)6-7-15(13)18/h6-9H,4-5,10H2,1-3H3,(H,20,21,22). The van der Waals surface area contributed by atoms with Crippen LogP contribution in [0.2, 0.25) is 0 Å². The number of nitrogens with one attached hydrogen (secondary N) is 1. The van der Waals surface area contributed by atoms with Crippen molar-refractivity contribution in [3.8, 4) is 0 Å². The maximum atomic E-state index is 11.9. The fraction of sp³-hybridized carbons (Fsp3) is 0.316. The molecule has 0 bridgehead atoms. The van der Waals surface area contributed by atoms with Gasteiger partial charge in [-0.15, -0.1) is 0 Å². The van der Waals surface area contributed by atoms with Gasteiger partial charge in [0.05, 0.1) is 0 Å². The lowest BCUT2D eigenvalue weighted by Crippen LogP contribution is -2.10. The molecule has 130 valence electrons. The minimum Gasteiger partial charge on any atom is -0.422 e. The Morgan fingerprint density at radius 2 is 2.00 bits per heavy atom. The van der Waals surface area contributed by atoms with E-state index < -0.39 is 0 Å². The van der Waals surface area contributed by atoms with Crippen LogP contribution in [0.15, 0.2) is 43.4 Å². The van der Waals surface area contributed by atoms with Gasteiger partial charge in [0.2, 0.25) is 0 Å². The summed E-state index contributed by atoms with van der Waals surface area (Å²) < 4.78 is 5.40.